The quantitative estimate of drug-likeness (QED) is 0.879. The third-order valence-corrected chi connectivity index (χ3v) is 3.80. The van der Waals surface area contributed by atoms with E-state index in [0.717, 1.165) is 17.9 Å². The highest BCUT2D eigenvalue weighted by Crippen LogP contribution is 2.35. The summed E-state index contributed by atoms with van der Waals surface area (Å²) in [6, 6.07) is 13.9. The molecule has 0 fully saturated rings. The Morgan fingerprint density at radius 3 is 2.57 bits per heavy atom. The maximum atomic E-state index is 11.6. The number of esters is 1. The van der Waals surface area contributed by atoms with Crippen LogP contribution in [0, 0.1) is 0 Å². The van der Waals surface area contributed by atoms with Gasteiger partial charge in [-0.05, 0) is 41.8 Å². The topological polar surface area (TPSA) is 47.6 Å². The number of benzene rings is 2. The molecular formula is C17H17NO3. The first-order valence-electron chi connectivity index (χ1n) is 6.83. The Hall–Kier alpha value is -2.49. The van der Waals surface area contributed by atoms with Crippen molar-refractivity contribution >= 4 is 11.7 Å². The van der Waals surface area contributed by atoms with E-state index in [4.69, 9.17) is 9.47 Å². The number of nitrogens with one attached hydrogen (secondary N) is 1. The SMILES string of the molecule is COC(=O)c1ccc2c(c1)NC(c1ccc(OC)cc1)C2. The fourth-order valence-electron chi connectivity index (χ4n) is 2.63. The first kappa shape index (κ1) is 13.5. The van der Waals surface area contributed by atoms with Crippen molar-refractivity contribution in [3.05, 3.63) is 59.2 Å². The molecular weight excluding hydrogens is 266 g/mol. The fourth-order valence-corrected chi connectivity index (χ4v) is 2.63. The standard InChI is InChI=1S/C17H17NO3/c1-20-14-7-5-11(6-8-14)15-9-12-3-4-13(17(19)21-2)10-16(12)18-15/h3-8,10,15,18H,9H2,1-2H3. The molecule has 21 heavy (non-hydrogen) atoms. The van der Waals surface area contributed by atoms with Gasteiger partial charge >= 0.3 is 5.97 Å². The van der Waals surface area contributed by atoms with Crippen LogP contribution in [0.15, 0.2) is 42.5 Å². The zero-order valence-electron chi connectivity index (χ0n) is 12.1. The van der Waals surface area contributed by atoms with Crippen molar-refractivity contribution in [2.45, 2.75) is 12.5 Å². The van der Waals surface area contributed by atoms with E-state index in [2.05, 4.69) is 17.4 Å². The number of hydrogen-bond acceptors (Lipinski definition) is 4. The smallest absolute Gasteiger partial charge is 0.337 e. The van der Waals surface area contributed by atoms with Crippen molar-refractivity contribution in [1.29, 1.82) is 0 Å². The molecule has 0 aromatic heterocycles. The Kier molecular flexibility index (Phi) is 3.52. The lowest BCUT2D eigenvalue weighted by atomic mass is 10.0. The van der Waals surface area contributed by atoms with Crippen LogP contribution in [0.2, 0.25) is 0 Å². The van der Waals surface area contributed by atoms with E-state index in [9.17, 15) is 4.79 Å². The van der Waals surface area contributed by atoms with Gasteiger partial charge in [-0.15, -0.1) is 0 Å². The van der Waals surface area contributed by atoms with E-state index < -0.39 is 0 Å². The summed E-state index contributed by atoms with van der Waals surface area (Å²) in [6.45, 7) is 0. The van der Waals surface area contributed by atoms with Gasteiger partial charge in [-0.3, -0.25) is 0 Å². The molecule has 0 radical (unpaired) electrons. The number of methoxy groups -OCH3 is 2. The largest absolute Gasteiger partial charge is 0.497 e. The molecule has 1 aliphatic heterocycles. The average molecular weight is 283 g/mol. The van der Waals surface area contributed by atoms with Crippen LogP contribution in [0.1, 0.15) is 27.5 Å². The van der Waals surface area contributed by atoms with Gasteiger partial charge < -0.3 is 14.8 Å². The average Bonchev–Trinajstić information content (AvgIpc) is 2.97. The highest BCUT2D eigenvalue weighted by atomic mass is 16.5. The van der Waals surface area contributed by atoms with Gasteiger partial charge in [0.2, 0.25) is 0 Å². The van der Waals surface area contributed by atoms with Gasteiger partial charge in [0.15, 0.2) is 0 Å². The van der Waals surface area contributed by atoms with Crippen LogP contribution >= 0.6 is 0 Å². The van der Waals surface area contributed by atoms with E-state index in [1.807, 2.05) is 30.3 Å². The molecule has 4 heteroatoms. The Labute approximate surface area is 123 Å². The summed E-state index contributed by atoms with van der Waals surface area (Å²) in [5.74, 6) is 0.537. The van der Waals surface area contributed by atoms with E-state index in [1.54, 1.807) is 7.11 Å². The molecule has 0 aliphatic carbocycles. The Balaban J connectivity index is 1.81. The molecule has 1 heterocycles. The number of ether oxygens (including phenoxy) is 2. The Morgan fingerprint density at radius 2 is 1.90 bits per heavy atom. The monoisotopic (exact) mass is 283 g/mol. The van der Waals surface area contributed by atoms with Crippen molar-refractivity contribution in [3.63, 3.8) is 0 Å². The van der Waals surface area contributed by atoms with Crippen LogP contribution in [0.5, 0.6) is 5.75 Å². The maximum absolute atomic E-state index is 11.6. The highest BCUT2D eigenvalue weighted by molar-refractivity contribution is 5.91. The number of anilines is 1. The molecule has 4 nitrogen and oxygen atoms in total. The van der Waals surface area contributed by atoms with Crippen molar-refractivity contribution in [2.24, 2.45) is 0 Å². The molecule has 1 atom stereocenters. The van der Waals surface area contributed by atoms with Crippen LogP contribution < -0.4 is 10.1 Å². The lowest BCUT2D eigenvalue weighted by molar-refractivity contribution is 0.0601. The van der Waals surface area contributed by atoms with Gasteiger partial charge in [0.05, 0.1) is 25.8 Å². The molecule has 0 spiro atoms. The summed E-state index contributed by atoms with van der Waals surface area (Å²) in [4.78, 5) is 11.6. The van der Waals surface area contributed by atoms with Gasteiger partial charge in [-0.25, -0.2) is 4.79 Å². The predicted octanol–water partition coefficient (Wildman–Crippen LogP) is 3.19. The molecule has 0 bridgehead atoms. The normalized spacial score (nSPS) is 16.0. The van der Waals surface area contributed by atoms with Gasteiger partial charge in [0.25, 0.3) is 0 Å². The summed E-state index contributed by atoms with van der Waals surface area (Å²) < 4.78 is 9.93. The second kappa shape index (κ2) is 5.48. The molecule has 0 saturated carbocycles. The summed E-state index contributed by atoms with van der Waals surface area (Å²) in [5, 5.41) is 3.46. The molecule has 2 aromatic rings. The number of rotatable bonds is 3. The first-order valence-corrected chi connectivity index (χ1v) is 6.83. The summed E-state index contributed by atoms with van der Waals surface area (Å²) in [7, 11) is 3.05. The van der Waals surface area contributed by atoms with Crippen LogP contribution in [0.4, 0.5) is 5.69 Å². The van der Waals surface area contributed by atoms with Crippen LogP contribution in [0.3, 0.4) is 0 Å². The van der Waals surface area contributed by atoms with Crippen molar-refractivity contribution in [2.75, 3.05) is 19.5 Å². The lowest BCUT2D eigenvalue weighted by Gasteiger charge is -2.12. The minimum Gasteiger partial charge on any atom is -0.497 e. The van der Waals surface area contributed by atoms with Crippen LogP contribution in [0.25, 0.3) is 0 Å². The maximum Gasteiger partial charge on any atom is 0.337 e. The minimum absolute atomic E-state index is 0.221. The van der Waals surface area contributed by atoms with E-state index in [-0.39, 0.29) is 12.0 Å². The lowest BCUT2D eigenvalue weighted by Crippen LogP contribution is -2.05. The summed E-state index contributed by atoms with van der Waals surface area (Å²) in [5.41, 5.74) is 3.98. The second-order valence-electron chi connectivity index (χ2n) is 5.04. The third kappa shape index (κ3) is 2.57. The Bertz CT molecular complexity index is 664. The molecule has 1 N–H and O–H groups in total. The van der Waals surface area contributed by atoms with E-state index >= 15 is 0 Å². The fraction of sp³-hybridized carbons (Fsp3) is 0.235. The van der Waals surface area contributed by atoms with Gasteiger partial charge in [-0.2, -0.15) is 0 Å². The van der Waals surface area contributed by atoms with Crippen molar-refractivity contribution < 1.29 is 14.3 Å². The third-order valence-electron chi connectivity index (χ3n) is 3.80. The first-order chi connectivity index (χ1) is 10.2. The Morgan fingerprint density at radius 1 is 1.14 bits per heavy atom. The highest BCUT2D eigenvalue weighted by Gasteiger charge is 2.23. The molecule has 2 aromatic carbocycles. The summed E-state index contributed by atoms with van der Waals surface area (Å²) in [6.07, 6.45) is 0.906. The predicted molar refractivity (Wildman–Crippen MR) is 80.8 cm³/mol. The van der Waals surface area contributed by atoms with Crippen molar-refractivity contribution in [1.82, 2.24) is 0 Å². The van der Waals surface area contributed by atoms with E-state index in [1.165, 1.54) is 18.2 Å². The minimum atomic E-state index is -0.313. The zero-order valence-corrected chi connectivity index (χ0v) is 12.1. The molecule has 0 saturated heterocycles. The molecule has 3 rings (SSSR count). The molecule has 1 aliphatic rings. The molecule has 1 unspecified atom stereocenters. The van der Waals surface area contributed by atoms with Crippen molar-refractivity contribution in [3.8, 4) is 5.75 Å². The van der Waals surface area contributed by atoms with Crippen LogP contribution in [-0.2, 0) is 11.2 Å². The molecule has 108 valence electrons. The van der Waals surface area contributed by atoms with Gasteiger partial charge in [0.1, 0.15) is 5.75 Å². The number of carbonyl (C=O) groups excluding carboxylic acids is 1. The number of carbonyl (C=O) groups is 1. The zero-order chi connectivity index (χ0) is 14.8. The van der Waals surface area contributed by atoms with Gasteiger partial charge in [-0.1, -0.05) is 18.2 Å². The summed E-state index contributed by atoms with van der Waals surface area (Å²) >= 11 is 0. The number of hydrogen-bond donors (Lipinski definition) is 1. The van der Waals surface area contributed by atoms with Crippen LogP contribution in [-0.4, -0.2) is 20.2 Å². The molecule has 0 amide bonds. The van der Waals surface area contributed by atoms with Gasteiger partial charge in [0, 0.05) is 5.69 Å². The second-order valence-corrected chi connectivity index (χ2v) is 5.04. The number of fused-ring (bicyclic) bond motifs is 1. The van der Waals surface area contributed by atoms with E-state index in [0.29, 0.717) is 5.56 Å².